The Kier molecular flexibility index (Phi) is 5.02. The summed E-state index contributed by atoms with van der Waals surface area (Å²) in [7, 11) is -1.05. The Balaban J connectivity index is 2.45. The van der Waals surface area contributed by atoms with Gasteiger partial charge in [-0.05, 0) is 32.2 Å². The molecule has 2 rings (SSSR count). The maximum absolute atomic E-state index is 12.1. The van der Waals surface area contributed by atoms with Gasteiger partial charge < -0.3 is 14.0 Å². The smallest absolute Gasteiger partial charge is 0.360 e. The van der Waals surface area contributed by atoms with E-state index in [-0.39, 0.29) is 28.7 Å². The Hall–Kier alpha value is -2.39. The molecule has 0 saturated heterocycles. The van der Waals surface area contributed by atoms with Crippen LogP contribution in [0.3, 0.4) is 0 Å². The van der Waals surface area contributed by atoms with E-state index in [1.807, 2.05) is 0 Å². The van der Waals surface area contributed by atoms with Gasteiger partial charge in [0.15, 0.2) is 11.5 Å². The number of methoxy groups -OCH3 is 1. The van der Waals surface area contributed by atoms with Crippen molar-refractivity contribution in [2.45, 2.75) is 11.8 Å². The second-order valence-corrected chi connectivity index (χ2v) is 6.23. The molecule has 0 fully saturated rings. The Labute approximate surface area is 133 Å². The van der Waals surface area contributed by atoms with Crippen LogP contribution < -0.4 is 9.46 Å². The number of carbonyl (C=O) groups is 1. The number of hydrogen-bond acceptors (Lipinski definition) is 7. The first-order chi connectivity index (χ1) is 10.9. The zero-order valence-corrected chi connectivity index (χ0v) is 13.6. The van der Waals surface area contributed by atoms with E-state index in [0.29, 0.717) is 5.56 Å². The molecule has 0 aliphatic carbocycles. The summed E-state index contributed by atoms with van der Waals surface area (Å²) in [6.07, 6.45) is 0. The number of hydrogen-bond donors (Lipinski definition) is 1. The summed E-state index contributed by atoms with van der Waals surface area (Å²) >= 11 is 0. The lowest BCUT2D eigenvalue weighted by Crippen LogP contribution is -2.19. The van der Waals surface area contributed by atoms with Crippen molar-refractivity contribution in [1.29, 1.82) is 0 Å². The second kappa shape index (κ2) is 6.80. The van der Waals surface area contributed by atoms with Crippen LogP contribution in [0.2, 0.25) is 0 Å². The van der Waals surface area contributed by atoms with E-state index in [2.05, 4.69) is 9.88 Å². The summed E-state index contributed by atoms with van der Waals surface area (Å²) in [6, 6.07) is 5.85. The number of nitrogens with zero attached hydrogens (tertiary/aromatic N) is 1. The van der Waals surface area contributed by atoms with Crippen LogP contribution in [0.1, 0.15) is 17.4 Å². The summed E-state index contributed by atoms with van der Waals surface area (Å²) in [5.74, 6) is -0.185. The van der Waals surface area contributed by atoms with Crippen LogP contribution in [0.5, 0.6) is 5.75 Å². The first-order valence-electron chi connectivity index (χ1n) is 6.68. The van der Waals surface area contributed by atoms with Gasteiger partial charge in [0.1, 0.15) is 10.6 Å². The van der Waals surface area contributed by atoms with Crippen molar-refractivity contribution < 1.29 is 27.2 Å². The SMILES string of the molecule is CCOC(=O)c1cc(-c2ccc(OC)c(S(=O)(=O)NC)c2)on1. The third-order valence-corrected chi connectivity index (χ3v) is 4.44. The number of benzene rings is 1. The number of rotatable bonds is 6. The molecule has 0 radical (unpaired) electrons. The summed E-state index contributed by atoms with van der Waals surface area (Å²) in [4.78, 5) is 11.5. The molecule has 0 saturated carbocycles. The largest absolute Gasteiger partial charge is 0.495 e. The zero-order chi connectivity index (χ0) is 17.0. The fraction of sp³-hybridized carbons (Fsp3) is 0.286. The third-order valence-electron chi connectivity index (χ3n) is 3.00. The Morgan fingerprint density at radius 2 is 2.09 bits per heavy atom. The molecule has 0 aliphatic rings. The van der Waals surface area contributed by atoms with Crippen LogP contribution in [0, 0.1) is 0 Å². The fourth-order valence-electron chi connectivity index (χ4n) is 1.86. The van der Waals surface area contributed by atoms with E-state index in [1.165, 1.54) is 32.4 Å². The van der Waals surface area contributed by atoms with Gasteiger partial charge in [0.25, 0.3) is 0 Å². The highest BCUT2D eigenvalue weighted by Crippen LogP contribution is 2.30. The van der Waals surface area contributed by atoms with Crippen LogP contribution in [-0.2, 0) is 14.8 Å². The lowest BCUT2D eigenvalue weighted by Gasteiger charge is -2.09. The number of esters is 1. The maximum atomic E-state index is 12.1. The van der Waals surface area contributed by atoms with Crippen LogP contribution in [-0.4, -0.2) is 40.3 Å². The molecule has 9 heteroatoms. The number of nitrogens with one attached hydrogen (secondary N) is 1. The summed E-state index contributed by atoms with van der Waals surface area (Å²) in [5.41, 5.74) is 0.443. The predicted octanol–water partition coefficient (Wildman–Crippen LogP) is 1.44. The van der Waals surface area contributed by atoms with E-state index in [1.54, 1.807) is 13.0 Å². The molecular formula is C14H16N2O6S. The average molecular weight is 340 g/mol. The van der Waals surface area contributed by atoms with Gasteiger partial charge in [0.2, 0.25) is 10.0 Å². The van der Waals surface area contributed by atoms with Crippen molar-refractivity contribution in [3.05, 3.63) is 30.0 Å². The third kappa shape index (κ3) is 3.51. The molecule has 0 aliphatic heterocycles. The number of aromatic nitrogens is 1. The number of ether oxygens (including phenoxy) is 2. The molecule has 124 valence electrons. The monoisotopic (exact) mass is 340 g/mol. The molecule has 2 aromatic rings. The standard InChI is InChI=1S/C14H16N2O6S/c1-4-21-14(17)10-8-12(22-16-10)9-5-6-11(20-3)13(7-9)23(18,19)15-2/h5-8,15H,4H2,1-3H3. The van der Waals surface area contributed by atoms with Crippen LogP contribution in [0.15, 0.2) is 33.7 Å². The van der Waals surface area contributed by atoms with Gasteiger partial charge in [-0.25, -0.2) is 17.9 Å². The van der Waals surface area contributed by atoms with Gasteiger partial charge >= 0.3 is 5.97 Å². The van der Waals surface area contributed by atoms with Crippen LogP contribution in [0.25, 0.3) is 11.3 Å². The molecule has 0 bridgehead atoms. The number of carbonyl (C=O) groups excluding carboxylic acids is 1. The highest BCUT2D eigenvalue weighted by Gasteiger charge is 2.21. The Bertz CT molecular complexity index is 812. The van der Waals surface area contributed by atoms with E-state index in [0.717, 1.165) is 0 Å². The van der Waals surface area contributed by atoms with Crippen molar-refractivity contribution in [3.8, 4) is 17.1 Å². The van der Waals surface area contributed by atoms with Gasteiger partial charge in [0.05, 0.1) is 13.7 Å². The van der Waals surface area contributed by atoms with Gasteiger partial charge in [0, 0.05) is 11.6 Å². The minimum atomic E-state index is -3.72. The van der Waals surface area contributed by atoms with Crippen molar-refractivity contribution >= 4 is 16.0 Å². The van der Waals surface area contributed by atoms with Crippen LogP contribution >= 0.6 is 0 Å². The fourth-order valence-corrected chi connectivity index (χ4v) is 2.78. The molecule has 1 aromatic heterocycles. The first-order valence-corrected chi connectivity index (χ1v) is 8.17. The lowest BCUT2D eigenvalue weighted by atomic mass is 10.1. The van der Waals surface area contributed by atoms with Crippen molar-refractivity contribution in [2.75, 3.05) is 20.8 Å². The highest BCUT2D eigenvalue weighted by molar-refractivity contribution is 7.89. The summed E-state index contributed by atoms with van der Waals surface area (Å²) in [5, 5.41) is 3.62. The average Bonchev–Trinajstić information content (AvgIpc) is 3.04. The molecule has 1 heterocycles. The van der Waals surface area contributed by atoms with Crippen molar-refractivity contribution in [1.82, 2.24) is 9.88 Å². The Morgan fingerprint density at radius 3 is 2.70 bits per heavy atom. The molecule has 0 amide bonds. The molecule has 8 nitrogen and oxygen atoms in total. The zero-order valence-electron chi connectivity index (χ0n) is 12.8. The normalized spacial score (nSPS) is 11.3. The van der Waals surface area contributed by atoms with E-state index >= 15 is 0 Å². The molecule has 1 N–H and O–H groups in total. The van der Waals surface area contributed by atoms with Gasteiger partial charge in [-0.15, -0.1) is 0 Å². The molecule has 1 aromatic carbocycles. The molecule has 0 unspecified atom stereocenters. The molecule has 0 spiro atoms. The second-order valence-electron chi connectivity index (χ2n) is 4.37. The highest BCUT2D eigenvalue weighted by atomic mass is 32.2. The minimum absolute atomic E-state index is 0.00990. The van der Waals surface area contributed by atoms with Crippen molar-refractivity contribution in [3.63, 3.8) is 0 Å². The maximum Gasteiger partial charge on any atom is 0.360 e. The summed E-state index contributed by atoms with van der Waals surface area (Å²) < 4.78 is 41.3. The quantitative estimate of drug-likeness (QED) is 0.793. The minimum Gasteiger partial charge on any atom is -0.495 e. The number of sulfonamides is 1. The van der Waals surface area contributed by atoms with Crippen LogP contribution in [0.4, 0.5) is 0 Å². The van der Waals surface area contributed by atoms with Crippen molar-refractivity contribution in [2.24, 2.45) is 0 Å². The molecule has 23 heavy (non-hydrogen) atoms. The lowest BCUT2D eigenvalue weighted by molar-refractivity contribution is 0.0514. The molecule has 0 atom stereocenters. The predicted molar refractivity (Wildman–Crippen MR) is 80.7 cm³/mol. The van der Waals surface area contributed by atoms with Gasteiger partial charge in [-0.3, -0.25) is 0 Å². The van der Waals surface area contributed by atoms with E-state index < -0.39 is 16.0 Å². The van der Waals surface area contributed by atoms with E-state index in [9.17, 15) is 13.2 Å². The summed E-state index contributed by atoms with van der Waals surface area (Å²) in [6.45, 7) is 1.89. The molecular weight excluding hydrogens is 324 g/mol. The topological polar surface area (TPSA) is 108 Å². The van der Waals surface area contributed by atoms with Gasteiger partial charge in [-0.2, -0.15) is 0 Å². The first kappa shape index (κ1) is 17.0. The Morgan fingerprint density at radius 1 is 1.35 bits per heavy atom. The van der Waals surface area contributed by atoms with E-state index in [4.69, 9.17) is 14.0 Å². The van der Waals surface area contributed by atoms with Gasteiger partial charge in [-0.1, -0.05) is 5.16 Å².